The van der Waals surface area contributed by atoms with Crippen LogP contribution in [0.4, 0.5) is 0 Å². The van der Waals surface area contributed by atoms with E-state index >= 15 is 0 Å². The molecule has 132 valence electrons. The fraction of sp³-hybridized carbons (Fsp3) is 0.190. The number of carbonyl (C=O) groups excluding carboxylic acids is 1. The Kier molecular flexibility index (Phi) is 5.59. The molecule has 0 aliphatic heterocycles. The summed E-state index contributed by atoms with van der Waals surface area (Å²) in [4.78, 5) is 33.5. The van der Waals surface area contributed by atoms with E-state index < -0.39 is 0 Å². The molecule has 3 aromatic rings. The molecule has 0 unspecified atom stereocenters. The normalized spacial score (nSPS) is 10.5. The molecule has 0 bridgehead atoms. The number of pyridine rings is 2. The number of aromatic amines is 1. The van der Waals surface area contributed by atoms with Gasteiger partial charge in [0.05, 0.1) is 5.56 Å². The van der Waals surface area contributed by atoms with Crippen LogP contribution in [0, 0.1) is 0 Å². The van der Waals surface area contributed by atoms with Crippen LogP contribution in [0.1, 0.15) is 22.8 Å². The number of hydrogen-bond acceptors (Lipinski definition) is 3. The number of aromatic nitrogens is 2. The number of nitrogens with one attached hydrogen (secondary N) is 1. The topological polar surface area (TPSA) is 66.1 Å². The molecule has 3 rings (SSSR count). The maximum Gasteiger partial charge on any atom is 0.255 e. The molecule has 0 aliphatic rings. The van der Waals surface area contributed by atoms with E-state index in [1.807, 2.05) is 49.4 Å². The molecule has 1 N–H and O–H groups in total. The summed E-state index contributed by atoms with van der Waals surface area (Å²) >= 11 is 0. The highest BCUT2D eigenvalue weighted by Gasteiger charge is 2.16. The predicted octanol–water partition coefficient (Wildman–Crippen LogP) is 3.14. The summed E-state index contributed by atoms with van der Waals surface area (Å²) in [5.41, 5.74) is 2.72. The molecular weight excluding hydrogens is 326 g/mol. The fourth-order valence-electron chi connectivity index (χ4n) is 2.84. The third-order valence-electron chi connectivity index (χ3n) is 4.32. The molecule has 2 heterocycles. The van der Waals surface area contributed by atoms with Gasteiger partial charge in [-0.05, 0) is 42.7 Å². The van der Waals surface area contributed by atoms with Crippen molar-refractivity contribution in [3.05, 3.63) is 88.6 Å². The molecule has 1 aromatic carbocycles. The van der Waals surface area contributed by atoms with Crippen molar-refractivity contribution in [1.82, 2.24) is 14.9 Å². The number of benzene rings is 1. The Labute approximate surface area is 152 Å². The molecule has 0 radical (unpaired) electrons. The van der Waals surface area contributed by atoms with Crippen LogP contribution in [0.2, 0.25) is 0 Å². The van der Waals surface area contributed by atoms with Gasteiger partial charge in [-0.15, -0.1) is 0 Å². The Morgan fingerprint density at radius 2 is 1.85 bits per heavy atom. The summed E-state index contributed by atoms with van der Waals surface area (Å²) in [7, 11) is 0. The van der Waals surface area contributed by atoms with Crippen LogP contribution < -0.4 is 5.56 Å². The van der Waals surface area contributed by atoms with Gasteiger partial charge in [-0.3, -0.25) is 14.6 Å². The third-order valence-corrected chi connectivity index (χ3v) is 4.32. The number of likely N-dealkylation sites (N-methyl/N-ethyl adjacent to an activating group) is 1. The average Bonchev–Trinajstić information content (AvgIpc) is 2.70. The second-order valence-corrected chi connectivity index (χ2v) is 5.99. The summed E-state index contributed by atoms with van der Waals surface area (Å²) < 4.78 is 0. The number of amides is 1. The van der Waals surface area contributed by atoms with Crippen molar-refractivity contribution in [3.8, 4) is 11.1 Å². The molecule has 0 aliphatic carbocycles. The van der Waals surface area contributed by atoms with Gasteiger partial charge < -0.3 is 9.88 Å². The lowest BCUT2D eigenvalue weighted by atomic mass is 10.1. The van der Waals surface area contributed by atoms with Crippen molar-refractivity contribution in [1.29, 1.82) is 0 Å². The zero-order chi connectivity index (χ0) is 18.4. The highest BCUT2D eigenvalue weighted by Crippen LogP contribution is 2.16. The lowest BCUT2D eigenvalue weighted by Crippen LogP contribution is -2.33. The van der Waals surface area contributed by atoms with E-state index in [0.717, 1.165) is 17.5 Å². The summed E-state index contributed by atoms with van der Waals surface area (Å²) in [5.74, 6) is -0.0880. The van der Waals surface area contributed by atoms with Crippen LogP contribution in [0.3, 0.4) is 0 Å². The minimum absolute atomic E-state index is 0.0880. The first-order valence-electron chi connectivity index (χ1n) is 8.65. The quantitative estimate of drug-likeness (QED) is 0.745. The van der Waals surface area contributed by atoms with Gasteiger partial charge in [0, 0.05) is 37.2 Å². The number of carbonyl (C=O) groups is 1. The minimum Gasteiger partial charge on any atom is -0.339 e. The Morgan fingerprint density at radius 1 is 1.12 bits per heavy atom. The van der Waals surface area contributed by atoms with Gasteiger partial charge >= 0.3 is 0 Å². The lowest BCUT2D eigenvalue weighted by molar-refractivity contribution is 0.0766. The van der Waals surface area contributed by atoms with Crippen molar-refractivity contribution in [2.24, 2.45) is 0 Å². The summed E-state index contributed by atoms with van der Waals surface area (Å²) in [6.45, 7) is 3.16. The number of rotatable bonds is 6. The maximum atomic E-state index is 12.9. The van der Waals surface area contributed by atoms with E-state index in [2.05, 4.69) is 9.97 Å². The maximum absolute atomic E-state index is 12.9. The van der Waals surface area contributed by atoms with Gasteiger partial charge in [0.2, 0.25) is 0 Å². The molecule has 5 heteroatoms. The van der Waals surface area contributed by atoms with Gasteiger partial charge in [0.1, 0.15) is 0 Å². The van der Waals surface area contributed by atoms with Crippen LogP contribution in [0.25, 0.3) is 11.1 Å². The Bertz CT molecular complexity index is 921. The highest BCUT2D eigenvalue weighted by atomic mass is 16.2. The van der Waals surface area contributed by atoms with Gasteiger partial charge in [0.15, 0.2) is 0 Å². The molecule has 0 fully saturated rings. The first kappa shape index (κ1) is 17.6. The van der Waals surface area contributed by atoms with Crippen molar-refractivity contribution in [2.75, 3.05) is 13.1 Å². The van der Waals surface area contributed by atoms with E-state index in [4.69, 9.17) is 0 Å². The van der Waals surface area contributed by atoms with Crippen LogP contribution in [-0.4, -0.2) is 33.9 Å². The Morgan fingerprint density at radius 3 is 2.54 bits per heavy atom. The van der Waals surface area contributed by atoms with E-state index in [-0.39, 0.29) is 11.5 Å². The van der Waals surface area contributed by atoms with Crippen molar-refractivity contribution in [3.63, 3.8) is 0 Å². The van der Waals surface area contributed by atoms with Gasteiger partial charge in [-0.2, -0.15) is 0 Å². The van der Waals surface area contributed by atoms with Gasteiger partial charge in [-0.25, -0.2) is 0 Å². The molecule has 1 amide bonds. The summed E-state index contributed by atoms with van der Waals surface area (Å²) in [6.07, 6.45) is 5.76. The smallest absolute Gasteiger partial charge is 0.255 e. The van der Waals surface area contributed by atoms with E-state index in [0.29, 0.717) is 24.2 Å². The molecular formula is C21H21N3O2. The standard InChI is InChI=1S/C21H21N3O2/c1-2-24(13-10-16-8-11-22-12-9-16)21(26)18-14-19(20(25)23-15-18)17-6-4-3-5-7-17/h3-9,11-12,14-15H,2,10,13H2,1H3,(H,23,25). The van der Waals surface area contributed by atoms with Crippen molar-refractivity contribution < 1.29 is 4.79 Å². The van der Waals surface area contributed by atoms with E-state index in [1.54, 1.807) is 23.4 Å². The minimum atomic E-state index is -0.201. The van der Waals surface area contributed by atoms with Gasteiger partial charge in [-0.1, -0.05) is 30.3 Å². The average molecular weight is 347 g/mol. The monoisotopic (exact) mass is 347 g/mol. The molecule has 0 atom stereocenters. The first-order chi connectivity index (χ1) is 12.7. The third kappa shape index (κ3) is 4.06. The van der Waals surface area contributed by atoms with Crippen molar-refractivity contribution >= 4 is 5.91 Å². The Balaban J connectivity index is 1.80. The van der Waals surface area contributed by atoms with Crippen LogP contribution in [-0.2, 0) is 6.42 Å². The SMILES string of the molecule is CCN(CCc1ccncc1)C(=O)c1c[nH]c(=O)c(-c2ccccc2)c1. The second-order valence-electron chi connectivity index (χ2n) is 5.99. The Hall–Kier alpha value is -3.21. The second kappa shape index (κ2) is 8.25. The van der Waals surface area contributed by atoms with Crippen LogP contribution in [0.15, 0.2) is 71.9 Å². The molecule has 26 heavy (non-hydrogen) atoms. The molecule has 5 nitrogen and oxygen atoms in total. The molecule has 0 saturated carbocycles. The highest BCUT2D eigenvalue weighted by molar-refractivity contribution is 5.95. The lowest BCUT2D eigenvalue weighted by Gasteiger charge is -2.21. The fourth-order valence-corrected chi connectivity index (χ4v) is 2.84. The van der Waals surface area contributed by atoms with E-state index in [9.17, 15) is 9.59 Å². The zero-order valence-electron chi connectivity index (χ0n) is 14.7. The summed E-state index contributed by atoms with van der Waals surface area (Å²) in [6, 6.07) is 14.9. The van der Waals surface area contributed by atoms with Crippen LogP contribution >= 0.6 is 0 Å². The molecule has 2 aromatic heterocycles. The van der Waals surface area contributed by atoms with Gasteiger partial charge in [0.25, 0.3) is 11.5 Å². The van der Waals surface area contributed by atoms with E-state index in [1.165, 1.54) is 6.20 Å². The number of H-pyrrole nitrogens is 1. The van der Waals surface area contributed by atoms with Crippen molar-refractivity contribution in [2.45, 2.75) is 13.3 Å². The first-order valence-corrected chi connectivity index (χ1v) is 8.65. The summed E-state index contributed by atoms with van der Waals surface area (Å²) in [5, 5.41) is 0. The largest absolute Gasteiger partial charge is 0.339 e. The number of nitrogens with zero attached hydrogens (tertiary/aromatic N) is 2. The molecule has 0 saturated heterocycles. The van der Waals surface area contributed by atoms with Crippen LogP contribution in [0.5, 0.6) is 0 Å². The zero-order valence-corrected chi connectivity index (χ0v) is 14.7. The predicted molar refractivity (Wildman–Crippen MR) is 102 cm³/mol. The molecule has 0 spiro atoms. The number of hydrogen-bond donors (Lipinski definition) is 1.